The predicted octanol–water partition coefficient (Wildman–Crippen LogP) is 18.0. The maximum atomic E-state index is 14.9. The zero-order valence-corrected chi connectivity index (χ0v) is 45.5. The van der Waals surface area contributed by atoms with Crippen LogP contribution in [0.4, 0.5) is 0 Å². The minimum absolute atomic E-state index is 0.415. The highest BCUT2D eigenvalue weighted by atomic mass is 31.3. The number of benzene rings is 8. The second kappa shape index (κ2) is 16.3. The second-order valence-corrected chi connectivity index (χ2v) is 30.5. The summed E-state index contributed by atoms with van der Waals surface area (Å²) in [6, 6.07) is 49.6. The molecule has 10 nitrogen and oxygen atoms in total. The molecule has 6 heterocycles. The quantitative estimate of drug-likeness (QED) is 0.137. The molecular formula is C56H60N4O6P4. The molecule has 14 heteroatoms. The number of rotatable bonds is 0. The van der Waals surface area contributed by atoms with Crippen molar-refractivity contribution in [2.45, 2.75) is 105 Å². The Labute approximate surface area is 414 Å². The number of fused-ring (bicyclic) bond motifs is 4. The van der Waals surface area contributed by atoms with E-state index in [-0.39, 0.29) is 0 Å². The third-order valence-electron chi connectivity index (χ3n) is 12.9. The second-order valence-electron chi connectivity index (χ2n) is 22.3. The number of hydrogen-bond acceptors (Lipinski definition) is 6. The van der Waals surface area contributed by atoms with Crippen molar-refractivity contribution in [3.63, 3.8) is 0 Å². The van der Waals surface area contributed by atoms with Gasteiger partial charge in [-0.05, 0) is 150 Å². The Morgan fingerprint density at radius 2 is 0.557 bits per heavy atom. The van der Waals surface area contributed by atoms with Gasteiger partial charge in [0.25, 0.3) is 16.9 Å². The van der Waals surface area contributed by atoms with Crippen molar-refractivity contribution in [2.24, 2.45) is 0 Å². The van der Waals surface area contributed by atoms with Crippen LogP contribution in [0, 0.1) is 0 Å². The van der Waals surface area contributed by atoms with Gasteiger partial charge in [-0.2, -0.15) is 0 Å². The molecule has 0 spiro atoms. The van der Waals surface area contributed by atoms with Gasteiger partial charge in [-0.25, -0.2) is 9.13 Å². The molecule has 0 amide bonds. The van der Waals surface area contributed by atoms with Crippen LogP contribution in [0.1, 0.15) is 83.1 Å². The van der Waals surface area contributed by atoms with Gasteiger partial charge in [0.15, 0.2) is 0 Å². The third-order valence-corrected chi connectivity index (χ3v) is 27.0. The summed E-state index contributed by atoms with van der Waals surface area (Å²) in [6.07, 6.45) is 0. The molecule has 0 unspecified atom stereocenters. The predicted molar refractivity (Wildman–Crippen MR) is 292 cm³/mol. The first-order valence-electron chi connectivity index (χ1n) is 23.9. The molecule has 4 bridgehead atoms. The fourth-order valence-corrected chi connectivity index (χ4v) is 22.9. The summed E-state index contributed by atoms with van der Waals surface area (Å²) in [7, 11) is -9.61. The van der Waals surface area contributed by atoms with Crippen LogP contribution in [0.25, 0.3) is 65.3 Å². The van der Waals surface area contributed by atoms with E-state index in [0.717, 1.165) is 76.8 Å². The highest BCUT2D eigenvalue weighted by Gasteiger charge is 2.71. The summed E-state index contributed by atoms with van der Waals surface area (Å²) < 4.78 is 64.8. The fraction of sp³-hybridized carbons (Fsp3) is 0.286. The molecule has 0 saturated carbocycles. The maximum Gasteiger partial charge on any atom is 0.411 e. The van der Waals surface area contributed by atoms with Crippen LogP contribution in [0.5, 0.6) is 23.0 Å². The normalized spacial score (nSPS) is 22.7. The summed E-state index contributed by atoms with van der Waals surface area (Å²) in [4.78, 5) is 0. The first kappa shape index (κ1) is 47.5. The molecular weight excluding hydrogens is 949 g/mol. The van der Waals surface area contributed by atoms with Gasteiger partial charge in [0, 0.05) is 44.4 Å². The van der Waals surface area contributed by atoms with E-state index in [9.17, 15) is 9.13 Å². The Morgan fingerprint density at radius 1 is 0.329 bits per heavy atom. The Balaban J connectivity index is 0.000000152. The zero-order chi connectivity index (χ0) is 49.5. The van der Waals surface area contributed by atoms with Crippen molar-refractivity contribution in [1.29, 1.82) is 0 Å². The van der Waals surface area contributed by atoms with E-state index in [1.165, 1.54) is 0 Å². The van der Waals surface area contributed by atoms with Crippen molar-refractivity contribution in [1.82, 2.24) is 17.8 Å². The molecule has 70 heavy (non-hydrogen) atoms. The van der Waals surface area contributed by atoms with Crippen molar-refractivity contribution in [2.75, 3.05) is 0 Å². The van der Waals surface area contributed by atoms with Gasteiger partial charge in [0.1, 0.15) is 23.0 Å². The lowest BCUT2D eigenvalue weighted by molar-refractivity contribution is 0.190. The summed E-state index contributed by atoms with van der Waals surface area (Å²) >= 11 is 0. The van der Waals surface area contributed by atoms with Gasteiger partial charge in [0.2, 0.25) is 0 Å². The third kappa shape index (κ3) is 7.44. The van der Waals surface area contributed by atoms with E-state index in [1.807, 2.05) is 66.3 Å². The van der Waals surface area contributed by atoms with Gasteiger partial charge in [-0.3, -0.25) is 0 Å². The fourth-order valence-electron chi connectivity index (χ4n) is 10.3. The van der Waals surface area contributed by atoms with Crippen LogP contribution >= 0.6 is 32.2 Å². The van der Waals surface area contributed by atoms with Crippen LogP contribution < -0.4 is 18.1 Å². The molecule has 0 N–H and O–H groups in total. The highest BCUT2D eigenvalue weighted by molar-refractivity contribution is 7.82. The van der Waals surface area contributed by atoms with E-state index in [2.05, 4.69) is 180 Å². The zero-order valence-electron chi connectivity index (χ0n) is 41.9. The molecule has 0 aliphatic carbocycles. The van der Waals surface area contributed by atoms with Gasteiger partial charge in [-0.1, -0.05) is 121 Å². The van der Waals surface area contributed by atoms with Crippen LogP contribution in [-0.2, 0) is 9.13 Å². The van der Waals surface area contributed by atoms with E-state index in [0.29, 0.717) is 11.5 Å². The van der Waals surface area contributed by atoms with Gasteiger partial charge in [0.05, 0.1) is 0 Å². The molecule has 0 radical (unpaired) electrons. The van der Waals surface area contributed by atoms with Crippen molar-refractivity contribution >= 4 is 75.3 Å². The van der Waals surface area contributed by atoms with E-state index in [1.54, 1.807) is 0 Å². The molecule has 2 fully saturated rings. The van der Waals surface area contributed by atoms with E-state index >= 15 is 0 Å². The minimum atomic E-state index is -3.43. The lowest BCUT2D eigenvalue weighted by Crippen LogP contribution is -2.57. The van der Waals surface area contributed by atoms with Crippen LogP contribution in [0.2, 0.25) is 0 Å². The smallest absolute Gasteiger partial charge is 0.411 e. The molecule has 6 aliphatic rings. The minimum Gasteiger partial charge on any atom is -0.443 e. The average molecular weight is 1010 g/mol. The van der Waals surface area contributed by atoms with Gasteiger partial charge >= 0.3 is 15.3 Å². The molecule has 0 aromatic heterocycles. The first-order valence-corrected chi connectivity index (χ1v) is 29.2. The van der Waals surface area contributed by atoms with E-state index in [4.69, 9.17) is 18.1 Å². The molecule has 14 rings (SSSR count). The average Bonchev–Trinajstić information content (AvgIpc) is 3.41. The van der Waals surface area contributed by atoms with Crippen molar-refractivity contribution in [3.8, 4) is 45.3 Å². The lowest BCUT2D eigenvalue weighted by Gasteiger charge is -2.60. The Hall–Kier alpha value is -4.84. The number of nitrogens with zero attached hydrogens (tertiary/aromatic N) is 4. The van der Waals surface area contributed by atoms with Gasteiger partial charge in [-0.15, -0.1) is 17.8 Å². The Kier molecular flexibility index (Phi) is 11.1. The first-order chi connectivity index (χ1) is 33.0. The maximum absolute atomic E-state index is 14.9. The molecule has 2 saturated heterocycles. The monoisotopic (exact) mass is 1010 g/mol. The van der Waals surface area contributed by atoms with Crippen LogP contribution in [0.3, 0.4) is 0 Å². The summed E-state index contributed by atoms with van der Waals surface area (Å²) in [5.74, 6) is 2.81. The van der Waals surface area contributed by atoms with Crippen LogP contribution in [-0.4, -0.2) is 39.9 Å². The molecule has 0 atom stereocenters. The lowest BCUT2D eigenvalue weighted by atomic mass is 9.92. The summed E-state index contributed by atoms with van der Waals surface area (Å²) in [5.41, 5.74) is 2.17. The molecule has 8 aromatic carbocycles. The topological polar surface area (TPSA) is 84.0 Å². The standard InChI is InChI=1S/2C28H30N2O3P2/c2*1-27(2,3)29-34-30(28(4,5)6)35(29,31)33-24-18-16-20-12-8-10-14-22(20)26(24)25-21-13-9-7-11-19(21)15-17-23(25)32-34/h2*7-18H,1-6H3. The Bertz CT molecular complexity index is 3260. The summed E-state index contributed by atoms with van der Waals surface area (Å²) in [6.45, 7) is 24.9. The largest absolute Gasteiger partial charge is 0.443 e. The molecule has 360 valence electrons. The summed E-state index contributed by atoms with van der Waals surface area (Å²) in [5, 5.41) is 8.73. The van der Waals surface area contributed by atoms with Crippen molar-refractivity contribution < 1.29 is 27.2 Å². The SMILES string of the molecule is CC(C)(C)N1P2Oc3ccc4ccccc4c3-c3c(ccc4ccccc34)OP1(=O)N2C(C)(C)C.CC(C)(C)N1P2Oc3ccc4ccccc4c3-c3c(ccc4ccccc34)OP1(=O)N2C(C)(C)C. The molecule has 8 aromatic rings. The van der Waals surface area contributed by atoms with E-state index < -0.39 is 54.4 Å². The Morgan fingerprint density at radius 3 is 0.814 bits per heavy atom. The molecule has 6 aliphatic heterocycles. The van der Waals surface area contributed by atoms with Crippen molar-refractivity contribution in [3.05, 3.63) is 146 Å². The van der Waals surface area contributed by atoms with Gasteiger partial charge < -0.3 is 18.1 Å². The van der Waals surface area contributed by atoms with Crippen LogP contribution in [0.15, 0.2) is 146 Å². The number of hydrogen-bond donors (Lipinski definition) is 0. The highest BCUT2D eigenvalue weighted by Crippen LogP contribution is 2.87.